The highest BCUT2D eigenvalue weighted by atomic mass is 16.2. The van der Waals surface area contributed by atoms with E-state index in [9.17, 15) is 4.79 Å². The summed E-state index contributed by atoms with van der Waals surface area (Å²) >= 11 is 0. The van der Waals surface area contributed by atoms with E-state index in [2.05, 4.69) is 55.6 Å². The Bertz CT molecular complexity index is 706. The van der Waals surface area contributed by atoms with Crippen molar-refractivity contribution in [2.75, 3.05) is 11.9 Å². The SMILES string of the molecule is CC(C)c1ccc(NC(=O)[C@H](C)[NH+]2CCc3ccccc3C2)cc1. The highest BCUT2D eigenvalue weighted by molar-refractivity contribution is 5.93. The highest BCUT2D eigenvalue weighted by Gasteiger charge is 2.28. The first-order valence-electron chi connectivity index (χ1n) is 8.87. The lowest BCUT2D eigenvalue weighted by atomic mass is 9.98. The zero-order chi connectivity index (χ0) is 17.1. The molecule has 0 bridgehead atoms. The third kappa shape index (κ3) is 3.68. The molecule has 3 heteroatoms. The second-order valence-corrected chi connectivity index (χ2v) is 7.09. The van der Waals surface area contributed by atoms with Crippen LogP contribution in [0.4, 0.5) is 5.69 Å². The molecule has 2 N–H and O–H groups in total. The molecule has 2 aromatic rings. The Balaban J connectivity index is 1.63. The first-order valence-corrected chi connectivity index (χ1v) is 8.87. The lowest BCUT2D eigenvalue weighted by molar-refractivity contribution is -0.929. The molecule has 0 fully saturated rings. The molecule has 1 unspecified atom stereocenters. The third-order valence-corrected chi connectivity index (χ3v) is 5.10. The molecule has 126 valence electrons. The van der Waals surface area contributed by atoms with Crippen molar-refractivity contribution in [2.24, 2.45) is 0 Å². The lowest BCUT2D eigenvalue weighted by Gasteiger charge is -2.30. The number of benzene rings is 2. The van der Waals surface area contributed by atoms with Gasteiger partial charge in [0.1, 0.15) is 6.54 Å². The van der Waals surface area contributed by atoms with Gasteiger partial charge in [-0.15, -0.1) is 0 Å². The van der Waals surface area contributed by atoms with Gasteiger partial charge in [0.25, 0.3) is 5.91 Å². The van der Waals surface area contributed by atoms with E-state index < -0.39 is 0 Å². The van der Waals surface area contributed by atoms with Gasteiger partial charge in [-0.25, -0.2) is 0 Å². The predicted molar refractivity (Wildman–Crippen MR) is 98.3 cm³/mol. The van der Waals surface area contributed by atoms with Crippen LogP contribution in [0.2, 0.25) is 0 Å². The van der Waals surface area contributed by atoms with Gasteiger partial charge in [0.05, 0.1) is 6.54 Å². The summed E-state index contributed by atoms with van der Waals surface area (Å²) in [6.07, 6.45) is 1.05. The zero-order valence-corrected chi connectivity index (χ0v) is 14.8. The number of nitrogens with one attached hydrogen (secondary N) is 2. The van der Waals surface area contributed by atoms with E-state index in [1.807, 2.05) is 19.1 Å². The van der Waals surface area contributed by atoms with Crippen molar-refractivity contribution in [1.29, 1.82) is 0 Å². The molecule has 1 heterocycles. The Morgan fingerprint density at radius 2 is 1.67 bits per heavy atom. The van der Waals surface area contributed by atoms with E-state index in [0.717, 1.165) is 25.2 Å². The minimum Gasteiger partial charge on any atom is -0.321 e. The zero-order valence-electron chi connectivity index (χ0n) is 14.8. The molecule has 3 rings (SSSR count). The van der Waals surface area contributed by atoms with Gasteiger partial charge >= 0.3 is 0 Å². The standard InChI is InChI=1S/C21H26N2O/c1-15(2)17-8-10-20(11-9-17)22-21(24)16(3)23-13-12-18-6-4-5-7-19(18)14-23/h4-11,15-16H,12-14H2,1-3H3,(H,22,24)/p+1/t16-/m0/s1. The Hall–Kier alpha value is -2.13. The van der Waals surface area contributed by atoms with Crippen LogP contribution >= 0.6 is 0 Å². The maximum atomic E-state index is 12.6. The van der Waals surface area contributed by atoms with E-state index in [0.29, 0.717) is 5.92 Å². The molecule has 24 heavy (non-hydrogen) atoms. The predicted octanol–water partition coefficient (Wildman–Crippen LogP) is 2.78. The van der Waals surface area contributed by atoms with Gasteiger partial charge in [-0.1, -0.05) is 50.2 Å². The molecular weight excluding hydrogens is 296 g/mol. The summed E-state index contributed by atoms with van der Waals surface area (Å²) in [6.45, 7) is 8.32. The molecule has 1 aliphatic heterocycles. The maximum Gasteiger partial charge on any atom is 0.282 e. The van der Waals surface area contributed by atoms with E-state index >= 15 is 0 Å². The third-order valence-electron chi connectivity index (χ3n) is 5.10. The molecule has 1 aliphatic rings. The number of anilines is 1. The number of rotatable bonds is 4. The summed E-state index contributed by atoms with van der Waals surface area (Å²) in [6, 6.07) is 16.7. The van der Waals surface area contributed by atoms with Crippen LogP contribution in [0.25, 0.3) is 0 Å². The molecule has 2 atom stereocenters. The number of quaternary nitrogens is 1. The average molecular weight is 323 g/mol. The Morgan fingerprint density at radius 3 is 2.33 bits per heavy atom. The monoisotopic (exact) mass is 323 g/mol. The molecular formula is C21H27N2O+. The van der Waals surface area contributed by atoms with Crippen LogP contribution in [0.3, 0.4) is 0 Å². The number of hydrogen-bond acceptors (Lipinski definition) is 1. The van der Waals surface area contributed by atoms with Crippen LogP contribution in [0.5, 0.6) is 0 Å². The summed E-state index contributed by atoms with van der Waals surface area (Å²) in [4.78, 5) is 13.9. The van der Waals surface area contributed by atoms with Crippen molar-refractivity contribution in [2.45, 2.75) is 45.7 Å². The second kappa shape index (κ2) is 7.18. The topological polar surface area (TPSA) is 33.5 Å². The maximum absolute atomic E-state index is 12.6. The van der Waals surface area contributed by atoms with Crippen LogP contribution < -0.4 is 10.2 Å². The minimum atomic E-state index is -0.0527. The van der Waals surface area contributed by atoms with Gasteiger partial charge in [0, 0.05) is 17.7 Å². The van der Waals surface area contributed by atoms with Gasteiger partial charge < -0.3 is 10.2 Å². The normalized spacial score (nSPS) is 18.1. The summed E-state index contributed by atoms with van der Waals surface area (Å²) in [5.74, 6) is 0.605. The largest absolute Gasteiger partial charge is 0.321 e. The van der Waals surface area contributed by atoms with Gasteiger partial charge in [0.2, 0.25) is 0 Å². The summed E-state index contributed by atoms with van der Waals surface area (Å²) in [5, 5.41) is 3.07. The number of amides is 1. The van der Waals surface area contributed by atoms with Crippen molar-refractivity contribution in [3.8, 4) is 0 Å². The molecule has 0 radical (unpaired) electrons. The first kappa shape index (κ1) is 16.7. The average Bonchev–Trinajstić information content (AvgIpc) is 2.61. The van der Waals surface area contributed by atoms with Crippen molar-refractivity contribution in [3.05, 3.63) is 65.2 Å². The second-order valence-electron chi connectivity index (χ2n) is 7.09. The number of carbonyl (C=O) groups is 1. The Labute approximate surface area is 144 Å². The van der Waals surface area contributed by atoms with Crippen molar-refractivity contribution >= 4 is 11.6 Å². The highest BCUT2D eigenvalue weighted by Crippen LogP contribution is 2.17. The van der Waals surface area contributed by atoms with Crippen molar-refractivity contribution in [3.63, 3.8) is 0 Å². The molecule has 1 amide bonds. The quantitative estimate of drug-likeness (QED) is 0.891. The van der Waals surface area contributed by atoms with Crippen LogP contribution in [-0.2, 0) is 17.8 Å². The smallest absolute Gasteiger partial charge is 0.282 e. The summed E-state index contributed by atoms with van der Waals surface area (Å²) in [5.41, 5.74) is 4.98. The van der Waals surface area contributed by atoms with E-state index in [-0.39, 0.29) is 11.9 Å². The molecule has 0 spiro atoms. The lowest BCUT2D eigenvalue weighted by Crippen LogP contribution is -3.16. The van der Waals surface area contributed by atoms with E-state index in [1.165, 1.54) is 21.6 Å². The fraction of sp³-hybridized carbons (Fsp3) is 0.381. The van der Waals surface area contributed by atoms with Gasteiger partial charge in [-0.3, -0.25) is 4.79 Å². The van der Waals surface area contributed by atoms with Gasteiger partial charge in [-0.2, -0.15) is 0 Å². The summed E-state index contributed by atoms with van der Waals surface area (Å²) in [7, 11) is 0. The fourth-order valence-corrected chi connectivity index (χ4v) is 3.36. The van der Waals surface area contributed by atoms with Crippen LogP contribution in [-0.4, -0.2) is 18.5 Å². The molecule has 3 nitrogen and oxygen atoms in total. The van der Waals surface area contributed by atoms with E-state index in [1.54, 1.807) is 0 Å². The first-order chi connectivity index (χ1) is 11.5. The van der Waals surface area contributed by atoms with Crippen molar-refractivity contribution < 1.29 is 9.69 Å². The molecule has 0 aliphatic carbocycles. The van der Waals surface area contributed by atoms with E-state index in [4.69, 9.17) is 0 Å². The number of carbonyl (C=O) groups excluding carboxylic acids is 1. The number of fused-ring (bicyclic) bond motifs is 1. The van der Waals surface area contributed by atoms with Gasteiger partial charge in [0.15, 0.2) is 6.04 Å². The molecule has 2 aromatic carbocycles. The van der Waals surface area contributed by atoms with Crippen LogP contribution in [0.1, 0.15) is 43.4 Å². The van der Waals surface area contributed by atoms with Crippen molar-refractivity contribution in [1.82, 2.24) is 0 Å². The van der Waals surface area contributed by atoms with Crippen LogP contribution in [0.15, 0.2) is 48.5 Å². The Kier molecular flexibility index (Phi) is 5.00. The Morgan fingerprint density at radius 1 is 1.00 bits per heavy atom. The summed E-state index contributed by atoms with van der Waals surface area (Å²) < 4.78 is 0. The number of hydrogen-bond donors (Lipinski definition) is 2. The van der Waals surface area contributed by atoms with Gasteiger partial charge in [-0.05, 0) is 36.1 Å². The molecule has 0 saturated carbocycles. The fourth-order valence-electron chi connectivity index (χ4n) is 3.36. The molecule has 0 aromatic heterocycles. The minimum absolute atomic E-state index is 0.0527. The van der Waals surface area contributed by atoms with Crippen LogP contribution in [0, 0.1) is 0 Å². The molecule has 0 saturated heterocycles.